The molecule has 0 spiro atoms. The van der Waals surface area contributed by atoms with Crippen LogP contribution in [0.2, 0.25) is 0 Å². The summed E-state index contributed by atoms with van der Waals surface area (Å²) in [5.74, 6) is -0.631. The molecule has 2 aromatic carbocycles. The Hall–Kier alpha value is -2.91. The Morgan fingerprint density at radius 2 is 2.04 bits per heavy atom. The first-order chi connectivity index (χ1) is 12.4. The van der Waals surface area contributed by atoms with Crippen LogP contribution in [0.5, 0.6) is 0 Å². The number of H-pyrrole nitrogens is 1. The molecule has 0 fully saturated rings. The molecular weight excluding hydrogens is 374 g/mol. The van der Waals surface area contributed by atoms with E-state index >= 15 is 0 Å². The van der Waals surface area contributed by atoms with Crippen molar-refractivity contribution in [2.75, 3.05) is 4.72 Å². The number of nitrogens with zero attached hydrogens (tertiary/aromatic N) is 1. The van der Waals surface area contributed by atoms with E-state index in [1.165, 1.54) is 29.5 Å². The molecule has 2 aromatic heterocycles. The molecule has 0 unspecified atom stereocenters. The molecule has 2 N–H and O–H groups in total. The first kappa shape index (κ1) is 16.6. The highest BCUT2D eigenvalue weighted by Crippen LogP contribution is 2.26. The molecule has 26 heavy (non-hydrogen) atoms. The van der Waals surface area contributed by atoms with Crippen LogP contribution in [-0.2, 0) is 10.0 Å². The van der Waals surface area contributed by atoms with E-state index < -0.39 is 15.8 Å². The SMILES string of the molecule is Cc1nc(-c2cccc(NS(=O)(=O)c3ccc4oc(=O)[nH]c4c3)c2)cs1. The van der Waals surface area contributed by atoms with Crippen LogP contribution in [-0.4, -0.2) is 18.4 Å². The van der Waals surface area contributed by atoms with Gasteiger partial charge >= 0.3 is 5.76 Å². The van der Waals surface area contributed by atoms with Gasteiger partial charge in [0.15, 0.2) is 5.58 Å². The predicted octanol–water partition coefficient (Wildman–Crippen LogP) is 3.35. The topological polar surface area (TPSA) is 105 Å². The van der Waals surface area contributed by atoms with Crippen LogP contribution >= 0.6 is 11.3 Å². The zero-order chi connectivity index (χ0) is 18.3. The zero-order valence-electron chi connectivity index (χ0n) is 13.5. The van der Waals surface area contributed by atoms with Crippen molar-refractivity contribution >= 4 is 38.1 Å². The summed E-state index contributed by atoms with van der Waals surface area (Å²) in [4.78, 5) is 18.1. The highest BCUT2D eigenvalue weighted by molar-refractivity contribution is 7.92. The van der Waals surface area contributed by atoms with Crippen LogP contribution in [0.3, 0.4) is 0 Å². The lowest BCUT2D eigenvalue weighted by atomic mass is 10.1. The van der Waals surface area contributed by atoms with Crippen LogP contribution < -0.4 is 10.5 Å². The highest BCUT2D eigenvalue weighted by atomic mass is 32.2. The minimum atomic E-state index is -3.82. The van der Waals surface area contributed by atoms with Gasteiger partial charge in [0.25, 0.3) is 10.0 Å². The van der Waals surface area contributed by atoms with Crippen molar-refractivity contribution in [3.8, 4) is 11.3 Å². The van der Waals surface area contributed by atoms with Crippen molar-refractivity contribution in [3.63, 3.8) is 0 Å². The Balaban J connectivity index is 1.67. The van der Waals surface area contributed by atoms with Gasteiger partial charge in [0, 0.05) is 16.6 Å². The number of hydrogen-bond acceptors (Lipinski definition) is 6. The summed E-state index contributed by atoms with van der Waals surface area (Å²) in [5.41, 5.74) is 2.67. The number of aryl methyl sites for hydroxylation is 1. The second-order valence-corrected chi connectivity index (χ2v) is 8.36. The third-order valence-corrected chi connectivity index (χ3v) is 5.88. The third-order valence-electron chi connectivity index (χ3n) is 3.73. The molecule has 0 saturated carbocycles. The van der Waals surface area contributed by atoms with E-state index in [0.29, 0.717) is 16.8 Å². The molecule has 7 nitrogen and oxygen atoms in total. The molecule has 4 aromatic rings. The largest absolute Gasteiger partial charge is 0.417 e. The van der Waals surface area contributed by atoms with Crippen molar-refractivity contribution in [2.24, 2.45) is 0 Å². The molecular formula is C17H13N3O4S2. The molecule has 0 bridgehead atoms. The van der Waals surface area contributed by atoms with Crippen LogP contribution in [0.4, 0.5) is 5.69 Å². The number of aromatic nitrogens is 2. The fourth-order valence-electron chi connectivity index (χ4n) is 2.55. The van der Waals surface area contributed by atoms with Crippen molar-refractivity contribution < 1.29 is 12.8 Å². The zero-order valence-corrected chi connectivity index (χ0v) is 15.1. The highest BCUT2D eigenvalue weighted by Gasteiger charge is 2.16. The average Bonchev–Trinajstić information content (AvgIpc) is 3.18. The number of aromatic amines is 1. The Labute approximate surface area is 152 Å². The van der Waals surface area contributed by atoms with Crippen molar-refractivity contribution in [1.29, 1.82) is 0 Å². The Bertz CT molecular complexity index is 1270. The second-order valence-electron chi connectivity index (χ2n) is 5.61. The lowest BCUT2D eigenvalue weighted by Crippen LogP contribution is -2.12. The summed E-state index contributed by atoms with van der Waals surface area (Å²) in [6.07, 6.45) is 0. The van der Waals surface area contributed by atoms with Gasteiger partial charge in [-0.15, -0.1) is 11.3 Å². The van der Waals surface area contributed by atoms with Crippen LogP contribution in [0.1, 0.15) is 5.01 Å². The maximum atomic E-state index is 12.7. The Morgan fingerprint density at radius 3 is 2.81 bits per heavy atom. The van der Waals surface area contributed by atoms with Gasteiger partial charge in [-0.25, -0.2) is 18.2 Å². The molecule has 0 saturated heterocycles. The molecule has 0 aliphatic heterocycles. The maximum absolute atomic E-state index is 12.7. The van der Waals surface area contributed by atoms with Gasteiger partial charge in [0.2, 0.25) is 0 Å². The van der Waals surface area contributed by atoms with E-state index in [0.717, 1.165) is 16.3 Å². The number of fused-ring (bicyclic) bond motifs is 1. The van der Waals surface area contributed by atoms with E-state index in [-0.39, 0.29) is 4.90 Å². The molecule has 0 aliphatic rings. The normalized spacial score (nSPS) is 11.7. The fourth-order valence-corrected chi connectivity index (χ4v) is 4.25. The minimum absolute atomic E-state index is 0.0250. The molecule has 0 amide bonds. The minimum Gasteiger partial charge on any atom is -0.408 e. The molecule has 9 heteroatoms. The standard InChI is InChI=1S/C17H13N3O4S2/c1-10-18-15(9-25-10)11-3-2-4-12(7-11)20-26(22,23)13-5-6-16-14(8-13)19-17(21)24-16/h2-9,20H,1H3,(H,19,21). The summed E-state index contributed by atoms with van der Waals surface area (Å²) in [5, 5.41) is 2.86. The smallest absolute Gasteiger partial charge is 0.408 e. The maximum Gasteiger partial charge on any atom is 0.417 e. The summed E-state index contributed by atoms with van der Waals surface area (Å²) >= 11 is 1.53. The van der Waals surface area contributed by atoms with Gasteiger partial charge < -0.3 is 4.42 Å². The fraction of sp³-hybridized carbons (Fsp3) is 0.0588. The van der Waals surface area contributed by atoms with Crippen molar-refractivity contribution in [3.05, 3.63) is 63.4 Å². The predicted molar refractivity (Wildman–Crippen MR) is 99.9 cm³/mol. The number of rotatable bonds is 4. The number of thiazole rings is 1. The van der Waals surface area contributed by atoms with E-state index in [4.69, 9.17) is 4.42 Å². The van der Waals surface area contributed by atoms with Crippen LogP contribution in [0, 0.1) is 6.92 Å². The molecule has 132 valence electrons. The van der Waals surface area contributed by atoms with Crippen LogP contribution in [0.25, 0.3) is 22.4 Å². The average molecular weight is 387 g/mol. The Kier molecular flexibility index (Phi) is 3.89. The number of sulfonamides is 1. The van der Waals surface area contributed by atoms with Gasteiger partial charge in [0.1, 0.15) is 0 Å². The monoisotopic (exact) mass is 387 g/mol. The molecule has 0 radical (unpaired) electrons. The van der Waals surface area contributed by atoms with Gasteiger partial charge in [0.05, 0.1) is 21.1 Å². The molecule has 0 atom stereocenters. The van der Waals surface area contributed by atoms with Gasteiger partial charge in [-0.1, -0.05) is 12.1 Å². The molecule has 0 aliphatic carbocycles. The number of oxazole rings is 1. The Morgan fingerprint density at radius 1 is 1.19 bits per heavy atom. The van der Waals surface area contributed by atoms with E-state index in [2.05, 4.69) is 14.7 Å². The number of nitrogens with one attached hydrogen (secondary N) is 2. The summed E-state index contributed by atoms with van der Waals surface area (Å²) in [6.45, 7) is 1.91. The first-order valence-electron chi connectivity index (χ1n) is 7.59. The van der Waals surface area contributed by atoms with Crippen molar-refractivity contribution in [1.82, 2.24) is 9.97 Å². The number of hydrogen-bond donors (Lipinski definition) is 2. The third kappa shape index (κ3) is 3.14. The lowest BCUT2D eigenvalue weighted by Gasteiger charge is -2.09. The summed E-state index contributed by atoms with van der Waals surface area (Å²) in [7, 11) is -3.82. The number of anilines is 1. The quantitative estimate of drug-likeness (QED) is 0.559. The van der Waals surface area contributed by atoms with E-state index in [9.17, 15) is 13.2 Å². The number of benzene rings is 2. The summed E-state index contributed by atoms with van der Waals surface area (Å²) in [6, 6.07) is 11.2. The van der Waals surface area contributed by atoms with E-state index in [1.54, 1.807) is 18.2 Å². The molecule has 4 rings (SSSR count). The lowest BCUT2D eigenvalue weighted by molar-refractivity contribution is 0.555. The van der Waals surface area contributed by atoms with Gasteiger partial charge in [-0.2, -0.15) is 0 Å². The van der Waals surface area contributed by atoms with Gasteiger partial charge in [-0.05, 0) is 37.3 Å². The van der Waals surface area contributed by atoms with Crippen LogP contribution in [0.15, 0.2) is 62.0 Å². The summed E-state index contributed by atoms with van der Waals surface area (Å²) < 4.78 is 32.7. The van der Waals surface area contributed by atoms with Gasteiger partial charge in [-0.3, -0.25) is 9.71 Å². The van der Waals surface area contributed by atoms with E-state index in [1.807, 2.05) is 18.4 Å². The molecule has 2 heterocycles. The first-order valence-corrected chi connectivity index (χ1v) is 9.95. The second kappa shape index (κ2) is 6.11. The van der Waals surface area contributed by atoms with Crippen molar-refractivity contribution in [2.45, 2.75) is 11.8 Å².